The predicted octanol–water partition coefficient (Wildman–Crippen LogP) is 2.25. The maximum atomic E-state index is 12.9. The number of aromatic nitrogens is 4. The Bertz CT molecular complexity index is 1430. The molecule has 10 nitrogen and oxygen atoms in total. The molecule has 2 aliphatic rings. The van der Waals surface area contributed by atoms with E-state index in [1.165, 1.54) is 5.69 Å². The number of rotatable bonds is 5. The average molecular weight is 485 g/mol. The van der Waals surface area contributed by atoms with Crippen LogP contribution < -0.4 is 20.9 Å². The number of amides is 2. The summed E-state index contributed by atoms with van der Waals surface area (Å²) in [6, 6.07) is 13.9. The molecule has 0 aliphatic carbocycles. The molecule has 36 heavy (non-hydrogen) atoms. The molecule has 2 aliphatic heterocycles. The molecular formula is C26H28N8O2. The predicted molar refractivity (Wildman–Crippen MR) is 138 cm³/mol. The van der Waals surface area contributed by atoms with Gasteiger partial charge in [0.1, 0.15) is 17.0 Å². The smallest absolute Gasteiger partial charge is 0.274 e. The van der Waals surface area contributed by atoms with Crippen LogP contribution in [0.5, 0.6) is 0 Å². The van der Waals surface area contributed by atoms with Gasteiger partial charge in [0, 0.05) is 50.0 Å². The molecule has 4 aromatic rings. The minimum atomic E-state index is -0.319. The van der Waals surface area contributed by atoms with E-state index >= 15 is 0 Å². The van der Waals surface area contributed by atoms with Crippen LogP contribution in [0, 0.1) is 0 Å². The van der Waals surface area contributed by atoms with Crippen molar-refractivity contribution in [2.45, 2.75) is 19.5 Å². The fourth-order valence-electron chi connectivity index (χ4n) is 4.90. The van der Waals surface area contributed by atoms with Gasteiger partial charge in [-0.3, -0.25) is 14.3 Å². The maximum absolute atomic E-state index is 12.9. The summed E-state index contributed by atoms with van der Waals surface area (Å²) < 4.78 is 3.70. The first kappa shape index (κ1) is 22.3. The van der Waals surface area contributed by atoms with Crippen molar-refractivity contribution in [3.8, 4) is 0 Å². The van der Waals surface area contributed by atoms with Crippen LogP contribution in [0.25, 0.3) is 11.0 Å². The lowest BCUT2D eigenvalue weighted by Gasteiger charge is -2.29. The van der Waals surface area contributed by atoms with Crippen molar-refractivity contribution in [2.75, 3.05) is 42.9 Å². The molecule has 0 unspecified atom stereocenters. The minimum absolute atomic E-state index is 0.0603. The van der Waals surface area contributed by atoms with Crippen LogP contribution in [0.1, 0.15) is 39.5 Å². The summed E-state index contributed by atoms with van der Waals surface area (Å²) in [4.78, 5) is 32.1. The Labute approximate surface area is 208 Å². The standard InChI is InChI=1S/C26H28N8O2/c1-17-13-28-26(36)23-12-19-4-7-22(31-24(19)34(17)23)25(35)30-20-14-29-33(16-20)15-18-2-5-21(6-3-18)32-10-8-27-9-11-32/h2-7,12,14,16-17,27H,8-11,13,15H2,1H3,(H,28,36)(H,30,35)/t17-/m1/s1. The van der Waals surface area contributed by atoms with Crippen LogP contribution >= 0.6 is 0 Å². The zero-order valence-electron chi connectivity index (χ0n) is 20.1. The van der Waals surface area contributed by atoms with Crippen molar-refractivity contribution in [1.82, 2.24) is 30.0 Å². The van der Waals surface area contributed by atoms with Crippen LogP contribution in [0.2, 0.25) is 0 Å². The minimum Gasteiger partial charge on any atom is -0.369 e. The highest BCUT2D eigenvalue weighted by molar-refractivity contribution is 6.04. The summed E-state index contributed by atoms with van der Waals surface area (Å²) in [7, 11) is 0. The zero-order chi connectivity index (χ0) is 24.6. The molecule has 0 spiro atoms. The molecule has 3 aromatic heterocycles. The number of benzene rings is 1. The van der Waals surface area contributed by atoms with E-state index in [0.29, 0.717) is 30.1 Å². The second-order valence-corrected chi connectivity index (χ2v) is 9.35. The molecule has 0 radical (unpaired) electrons. The van der Waals surface area contributed by atoms with Gasteiger partial charge in [0.05, 0.1) is 24.5 Å². The molecule has 0 bridgehead atoms. The number of hydrogen-bond acceptors (Lipinski definition) is 6. The fraction of sp³-hybridized carbons (Fsp3) is 0.308. The molecule has 1 atom stereocenters. The number of hydrogen-bond donors (Lipinski definition) is 3. The molecular weight excluding hydrogens is 456 g/mol. The topological polar surface area (TPSA) is 109 Å². The third kappa shape index (κ3) is 4.20. The van der Waals surface area contributed by atoms with Gasteiger partial charge in [-0.2, -0.15) is 5.10 Å². The van der Waals surface area contributed by atoms with Crippen LogP contribution in [-0.2, 0) is 6.54 Å². The van der Waals surface area contributed by atoms with E-state index in [-0.39, 0.29) is 23.6 Å². The molecule has 6 rings (SSSR count). The van der Waals surface area contributed by atoms with Gasteiger partial charge in [-0.25, -0.2) is 4.98 Å². The van der Waals surface area contributed by atoms with E-state index in [9.17, 15) is 9.59 Å². The van der Waals surface area contributed by atoms with Gasteiger partial charge >= 0.3 is 0 Å². The first-order valence-electron chi connectivity index (χ1n) is 12.2. The molecule has 3 N–H and O–H groups in total. The Hall–Kier alpha value is -4.18. The quantitative estimate of drug-likeness (QED) is 0.401. The van der Waals surface area contributed by atoms with E-state index in [1.54, 1.807) is 16.9 Å². The number of fused-ring (bicyclic) bond motifs is 3. The number of carbonyl (C=O) groups excluding carboxylic acids is 2. The SMILES string of the molecule is C[C@@H]1CNC(=O)c2cc3ccc(C(=O)Nc4cnn(Cc5ccc(N6CCNCC6)cc5)c4)nc3n21. The summed E-state index contributed by atoms with van der Waals surface area (Å²) in [5.41, 5.74) is 4.47. The van der Waals surface area contributed by atoms with Crippen molar-refractivity contribution in [3.63, 3.8) is 0 Å². The Kier molecular flexibility index (Phi) is 5.65. The zero-order valence-corrected chi connectivity index (χ0v) is 20.1. The van der Waals surface area contributed by atoms with E-state index in [2.05, 4.69) is 55.2 Å². The van der Waals surface area contributed by atoms with Crippen LogP contribution in [0.4, 0.5) is 11.4 Å². The van der Waals surface area contributed by atoms with Crippen LogP contribution in [-0.4, -0.2) is 63.9 Å². The lowest BCUT2D eigenvalue weighted by molar-refractivity contribution is 0.0918. The lowest BCUT2D eigenvalue weighted by atomic mass is 10.2. The van der Waals surface area contributed by atoms with Gasteiger partial charge < -0.3 is 25.4 Å². The highest BCUT2D eigenvalue weighted by Crippen LogP contribution is 2.26. The lowest BCUT2D eigenvalue weighted by Crippen LogP contribution is -2.43. The van der Waals surface area contributed by atoms with Crippen molar-refractivity contribution in [1.29, 1.82) is 0 Å². The number of nitrogens with one attached hydrogen (secondary N) is 3. The monoisotopic (exact) mass is 484 g/mol. The van der Waals surface area contributed by atoms with Gasteiger partial charge in [0.2, 0.25) is 0 Å². The van der Waals surface area contributed by atoms with Gasteiger partial charge in [-0.15, -0.1) is 0 Å². The first-order valence-corrected chi connectivity index (χ1v) is 12.2. The third-order valence-electron chi connectivity index (χ3n) is 6.80. The molecule has 5 heterocycles. The van der Waals surface area contributed by atoms with Gasteiger partial charge in [0.25, 0.3) is 11.8 Å². The van der Waals surface area contributed by atoms with E-state index in [4.69, 9.17) is 0 Å². The maximum Gasteiger partial charge on any atom is 0.274 e. The highest BCUT2D eigenvalue weighted by atomic mass is 16.2. The number of pyridine rings is 1. The number of nitrogens with zero attached hydrogens (tertiary/aromatic N) is 5. The highest BCUT2D eigenvalue weighted by Gasteiger charge is 2.25. The molecule has 0 saturated carbocycles. The Morgan fingerprint density at radius 3 is 2.75 bits per heavy atom. The van der Waals surface area contributed by atoms with Crippen LogP contribution in [0.15, 0.2) is 54.9 Å². The second kappa shape index (κ2) is 9.12. The second-order valence-electron chi connectivity index (χ2n) is 9.35. The number of anilines is 2. The molecule has 10 heteroatoms. The van der Waals surface area contributed by atoms with Crippen LogP contribution in [0.3, 0.4) is 0 Å². The molecule has 1 aromatic carbocycles. The van der Waals surface area contributed by atoms with Crippen molar-refractivity contribution >= 4 is 34.2 Å². The third-order valence-corrected chi connectivity index (χ3v) is 6.80. The largest absolute Gasteiger partial charge is 0.369 e. The van der Waals surface area contributed by atoms with E-state index in [0.717, 1.165) is 37.1 Å². The Morgan fingerprint density at radius 1 is 1.14 bits per heavy atom. The summed E-state index contributed by atoms with van der Waals surface area (Å²) >= 11 is 0. The molecule has 1 saturated heterocycles. The average Bonchev–Trinajstić information content (AvgIpc) is 3.51. The summed E-state index contributed by atoms with van der Waals surface area (Å²) in [6.07, 6.45) is 3.45. The van der Waals surface area contributed by atoms with Crippen molar-refractivity contribution in [3.05, 3.63) is 71.8 Å². The normalized spacial score (nSPS) is 17.6. The van der Waals surface area contributed by atoms with Crippen molar-refractivity contribution < 1.29 is 9.59 Å². The number of piperazine rings is 1. The van der Waals surface area contributed by atoms with Gasteiger partial charge in [-0.05, 0) is 42.8 Å². The summed E-state index contributed by atoms with van der Waals surface area (Å²) in [5, 5.41) is 14.4. The molecule has 1 fully saturated rings. The Balaban J connectivity index is 1.14. The fourth-order valence-corrected chi connectivity index (χ4v) is 4.90. The summed E-state index contributed by atoms with van der Waals surface area (Å²) in [6.45, 7) is 7.22. The number of carbonyl (C=O) groups is 2. The van der Waals surface area contributed by atoms with Crippen molar-refractivity contribution in [2.24, 2.45) is 0 Å². The first-order chi connectivity index (χ1) is 17.5. The Morgan fingerprint density at radius 2 is 1.94 bits per heavy atom. The van der Waals surface area contributed by atoms with Gasteiger partial charge in [0.15, 0.2) is 0 Å². The molecule has 2 amide bonds. The molecule has 184 valence electrons. The van der Waals surface area contributed by atoms with Gasteiger partial charge in [-0.1, -0.05) is 12.1 Å². The summed E-state index contributed by atoms with van der Waals surface area (Å²) in [5.74, 6) is -0.441. The van der Waals surface area contributed by atoms with E-state index < -0.39 is 0 Å². The van der Waals surface area contributed by atoms with E-state index in [1.807, 2.05) is 29.8 Å².